The zero-order chi connectivity index (χ0) is 25.3. The molecule has 0 aliphatic carbocycles. The summed E-state index contributed by atoms with van der Waals surface area (Å²) in [6.07, 6.45) is 7.39. The number of carbonyl (C=O) groups excluding carboxylic acids is 1. The number of para-hydroxylation sites is 2. The van der Waals surface area contributed by atoms with E-state index in [1.54, 1.807) is 31.5 Å². The number of carbonyl (C=O) groups is 1. The van der Waals surface area contributed by atoms with Crippen molar-refractivity contribution in [1.29, 1.82) is 0 Å². The second kappa shape index (κ2) is 12.0. The number of aromatic nitrogens is 3. The normalized spacial score (nSPS) is 12.1. The van der Waals surface area contributed by atoms with Gasteiger partial charge >= 0.3 is 0 Å². The summed E-state index contributed by atoms with van der Waals surface area (Å²) in [5.74, 6) is 2.07. The fraction of sp³-hybridized carbons (Fsp3) is 0.276. The molecular weight excluding hydrogens is 452 g/mol. The Labute approximate surface area is 211 Å². The highest BCUT2D eigenvalue weighted by molar-refractivity contribution is 5.92. The molecule has 0 saturated carbocycles. The average Bonchev–Trinajstić information content (AvgIpc) is 3.28. The van der Waals surface area contributed by atoms with Crippen molar-refractivity contribution in [3.8, 4) is 11.5 Å². The Morgan fingerprint density at radius 3 is 2.69 bits per heavy atom. The quantitative estimate of drug-likeness (QED) is 0.271. The number of nitrogens with one attached hydrogen (secondary N) is 1. The number of fused-ring (bicyclic) bond motifs is 1. The van der Waals surface area contributed by atoms with Crippen LogP contribution in [-0.2, 0) is 6.54 Å². The van der Waals surface area contributed by atoms with E-state index in [0.717, 1.165) is 53.3 Å². The first-order valence-electron chi connectivity index (χ1n) is 12.2. The second-order valence-electron chi connectivity index (χ2n) is 8.49. The minimum atomic E-state index is -0.275. The number of amides is 1. The lowest BCUT2D eigenvalue weighted by Crippen LogP contribution is -2.29. The van der Waals surface area contributed by atoms with Crippen molar-refractivity contribution in [1.82, 2.24) is 19.9 Å². The van der Waals surface area contributed by atoms with Crippen LogP contribution in [0.1, 0.15) is 54.6 Å². The van der Waals surface area contributed by atoms with Crippen molar-refractivity contribution in [2.24, 2.45) is 0 Å². The maximum Gasteiger partial charge on any atom is 0.270 e. The Hall–Kier alpha value is -4.13. The fourth-order valence-corrected chi connectivity index (χ4v) is 4.15. The molecule has 0 radical (unpaired) electrons. The highest BCUT2D eigenvalue weighted by Crippen LogP contribution is 2.29. The van der Waals surface area contributed by atoms with Crippen molar-refractivity contribution in [2.45, 2.75) is 39.3 Å². The molecule has 1 amide bonds. The predicted octanol–water partition coefficient (Wildman–Crippen LogP) is 5.82. The van der Waals surface area contributed by atoms with E-state index in [1.165, 1.54) is 0 Å². The van der Waals surface area contributed by atoms with Gasteiger partial charge in [0.1, 0.15) is 11.5 Å². The summed E-state index contributed by atoms with van der Waals surface area (Å²) in [5, 5.41) is 3.03. The summed E-state index contributed by atoms with van der Waals surface area (Å²) >= 11 is 0. The van der Waals surface area contributed by atoms with E-state index in [-0.39, 0.29) is 11.9 Å². The molecule has 7 heteroatoms. The monoisotopic (exact) mass is 484 g/mol. The minimum absolute atomic E-state index is 0.218. The number of benzene rings is 2. The van der Waals surface area contributed by atoms with E-state index < -0.39 is 0 Å². The Kier molecular flexibility index (Phi) is 8.34. The van der Waals surface area contributed by atoms with Crippen molar-refractivity contribution in [2.75, 3.05) is 13.7 Å². The molecule has 7 nitrogen and oxygen atoms in total. The summed E-state index contributed by atoms with van der Waals surface area (Å²) in [6, 6.07) is 19.0. The molecule has 1 unspecified atom stereocenters. The standard InChI is InChI=1S/C29H32N4O3/c1-4-11-22-15-16-26(27(20-22)35-3)36-19-10-9-18-33-25-14-6-5-12-23(25)32-28(33)21(2)31-29(34)24-13-7-8-17-30-24/h4-8,11-17,20-21H,9-10,18-19H2,1-3H3,(H,31,34)/b11-4+. The van der Waals surface area contributed by atoms with E-state index in [9.17, 15) is 4.79 Å². The molecule has 0 aliphatic rings. The Morgan fingerprint density at radius 2 is 1.92 bits per heavy atom. The number of aryl methyl sites for hydroxylation is 1. The van der Waals surface area contributed by atoms with Crippen molar-refractivity contribution >= 4 is 23.0 Å². The molecule has 0 saturated heterocycles. The van der Waals surface area contributed by atoms with Gasteiger partial charge in [0, 0.05) is 12.7 Å². The highest BCUT2D eigenvalue weighted by atomic mass is 16.5. The molecule has 36 heavy (non-hydrogen) atoms. The highest BCUT2D eigenvalue weighted by Gasteiger charge is 2.19. The number of pyridine rings is 1. The zero-order valence-electron chi connectivity index (χ0n) is 21.0. The topological polar surface area (TPSA) is 78.3 Å². The van der Waals surface area contributed by atoms with Gasteiger partial charge in [-0.25, -0.2) is 4.98 Å². The van der Waals surface area contributed by atoms with Gasteiger partial charge in [-0.05, 0) is 68.7 Å². The van der Waals surface area contributed by atoms with Crippen LogP contribution in [0.2, 0.25) is 0 Å². The van der Waals surface area contributed by atoms with E-state index in [1.807, 2.05) is 62.4 Å². The smallest absolute Gasteiger partial charge is 0.270 e. The number of imidazole rings is 1. The molecule has 1 N–H and O–H groups in total. The molecule has 4 aromatic rings. The van der Waals surface area contributed by atoms with Gasteiger partial charge in [0.25, 0.3) is 5.91 Å². The molecule has 0 spiro atoms. The third-order valence-electron chi connectivity index (χ3n) is 5.90. The molecule has 0 fully saturated rings. The van der Waals surface area contributed by atoms with Crippen LogP contribution in [0, 0.1) is 0 Å². The first-order valence-corrected chi connectivity index (χ1v) is 12.2. The fourth-order valence-electron chi connectivity index (χ4n) is 4.15. The number of hydrogen-bond acceptors (Lipinski definition) is 5. The largest absolute Gasteiger partial charge is 0.493 e. The van der Waals surface area contributed by atoms with Gasteiger partial charge in [-0.3, -0.25) is 9.78 Å². The molecule has 186 valence electrons. The third-order valence-corrected chi connectivity index (χ3v) is 5.90. The first kappa shape index (κ1) is 25.0. The van der Waals surface area contributed by atoms with Crippen LogP contribution in [-0.4, -0.2) is 34.2 Å². The van der Waals surface area contributed by atoms with Crippen LogP contribution >= 0.6 is 0 Å². The zero-order valence-corrected chi connectivity index (χ0v) is 21.0. The summed E-state index contributed by atoms with van der Waals surface area (Å²) < 4.78 is 13.7. The molecule has 2 aromatic carbocycles. The maximum absolute atomic E-state index is 12.7. The number of ether oxygens (including phenoxy) is 2. The predicted molar refractivity (Wildman–Crippen MR) is 142 cm³/mol. The van der Waals surface area contributed by atoms with Gasteiger partial charge in [-0.1, -0.05) is 36.4 Å². The van der Waals surface area contributed by atoms with Crippen LogP contribution in [0.15, 0.2) is 72.9 Å². The van der Waals surface area contributed by atoms with E-state index >= 15 is 0 Å². The van der Waals surface area contributed by atoms with E-state index in [4.69, 9.17) is 14.5 Å². The molecule has 2 heterocycles. The minimum Gasteiger partial charge on any atom is -0.493 e. The van der Waals surface area contributed by atoms with Crippen LogP contribution in [0.3, 0.4) is 0 Å². The number of hydrogen-bond donors (Lipinski definition) is 1. The summed E-state index contributed by atoms with van der Waals surface area (Å²) in [5.41, 5.74) is 3.42. The van der Waals surface area contributed by atoms with Crippen molar-refractivity contribution in [3.63, 3.8) is 0 Å². The number of unbranched alkanes of at least 4 members (excludes halogenated alkanes) is 1. The second-order valence-corrected chi connectivity index (χ2v) is 8.49. The van der Waals surface area contributed by atoms with E-state index in [2.05, 4.69) is 20.9 Å². The Morgan fingerprint density at radius 1 is 1.08 bits per heavy atom. The summed E-state index contributed by atoms with van der Waals surface area (Å²) in [6.45, 7) is 5.28. The number of nitrogens with zero attached hydrogens (tertiary/aromatic N) is 3. The maximum atomic E-state index is 12.7. The third kappa shape index (κ3) is 5.92. The van der Waals surface area contributed by atoms with Gasteiger partial charge in [-0.2, -0.15) is 0 Å². The van der Waals surface area contributed by atoms with Gasteiger partial charge in [0.15, 0.2) is 11.5 Å². The lowest BCUT2D eigenvalue weighted by molar-refractivity contribution is 0.0932. The lowest BCUT2D eigenvalue weighted by Gasteiger charge is -2.16. The molecule has 0 bridgehead atoms. The summed E-state index contributed by atoms with van der Waals surface area (Å²) in [7, 11) is 1.65. The van der Waals surface area contributed by atoms with Crippen LogP contribution in [0.25, 0.3) is 17.1 Å². The van der Waals surface area contributed by atoms with Gasteiger partial charge in [-0.15, -0.1) is 0 Å². The number of methoxy groups -OCH3 is 1. The summed E-state index contributed by atoms with van der Waals surface area (Å²) in [4.78, 5) is 21.6. The Bertz CT molecular complexity index is 1330. The van der Waals surface area contributed by atoms with Gasteiger partial charge < -0.3 is 19.4 Å². The SMILES string of the molecule is C/C=C/c1ccc(OCCCCn2c(C(C)NC(=O)c3ccccn3)nc3ccccc32)c(OC)c1. The van der Waals surface area contributed by atoms with Crippen molar-refractivity contribution < 1.29 is 14.3 Å². The van der Waals surface area contributed by atoms with Gasteiger partial charge in [0.05, 0.1) is 30.8 Å². The first-order chi connectivity index (χ1) is 17.6. The molecule has 0 aliphatic heterocycles. The van der Waals surface area contributed by atoms with Crippen LogP contribution < -0.4 is 14.8 Å². The van der Waals surface area contributed by atoms with Crippen LogP contribution in [0.4, 0.5) is 0 Å². The molecule has 1 atom stereocenters. The molecular formula is C29H32N4O3. The Balaban J connectivity index is 1.40. The van der Waals surface area contributed by atoms with Crippen molar-refractivity contribution in [3.05, 3.63) is 90.0 Å². The number of allylic oxidation sites excluding steroid dienone is 1. The number of rotatable bonds is 11. The lowest BCUT2D eigenvalue weighted by atomic mass is 10.2. The average molecular weight is 485 g/mol. The van der Waals surface area contributed by atoms with Crippen LogP contribution in [0.5, 0.6) is 11.5 Å². The molecule has 4 rings (SSSR count). The van der Waals surface area contributed by atoms with Gasteiger partial charge in [0.2, 0.25) is 0 Å². The van der Waals surface area contributed by atoms with E-state index in [0.29, 0.717) is 12.3 Å². The molecule has 2 aromatic heterocycles.